The van der Waals surface area contributed by atoms with Gasteiger partial charge in [0.25, 0.3) is 5.91 Å². The first-order valence-corrected chi connectivity index (χ1v) is 14.7. The summed E-state index contributed by atoms with van der Waals surface area (Å²) >= 11 is 1.16. The van der Waals surface area contributed by atoms with Crippen molar-refractivity contribution in [3.63, 3.8) is 0 Å². The van der Waals surface area contributed by atoms with E-state index in [1.807, 2.05) is 55.5 Å². The minimum atomic E-state index is -0.638. The highest BCUT2D eigenvalue weighted by Gasteiger charge is 2.43. The first-order valence-electron chi connectivity index (χ1n) is 13.9. The Balaban J connectivity index is 1.45. The maximum atomic E-state index is 14.6. The number of thiophene rings is 1. The van der Waals surface area contributed by atoms with Gasteiger partial charge in [-0.05, 0) is 61.7 Å². The fraction of sp³-hybridized carbons (Fsp3) is 0.290. The number of hydrogen-bond acceptors (Lipinski definition) is 7. The van der Waals surface area contributed by atoms with Crippen LogP contribution in [0, 0.1) is 12.8 Å². The average molecular weight is 586 g/mol. The molecule has 216 valence electrons. The highest BCUT2D eigenvalue weighted by atomic mass is 32.1. The molecule has 1 saturated heterocycles. The highest BCUT2D eigenvalue weighted by molar-refractivity contribution is 7.21. The molecule has 4 amide bonds. The molecule has 0 bridgehead atoms. The molecule has 0 saturated carbocycles. The number of hydrogen-bond donors (Lipinski definition) is 2. The quantitative estimate of drug-likeness (QED) is 0.307. The van der Waals surface area contributed by atoms with Crippen molar-refractivity contribution in [3.05, 3.63) is 71.2 Å². The molecule has 0 unspecified atom stereocenters. The Kier molecular flexibility index (Phi) is 7.29. The Morgan fingerprint density at radius 2 is 1.93 bits per heavy atom. The SMILES string of the molecule is Cc1cc(Oc2ccccc2)ccc1N1C(=O)N([C@@H]2CCCN(C(=O)[C@@H](C)CO)C2)c2c(C(N)=O)sc3nccc1c23. The van der Waals surface area contributed by atoms with Crippen LogP contribution in [-0.2, 0) is 4.79 Å². The number of anilines is 3. The van der Waals surface area contributed by atoms with Gasteiger partial charge in [-0.1, -0.05) is 25.1 Å². The number of amides is 4. The molecule has 2 atom stereocenters. The van der Waals surface area contributed by atoms with Crippen molar-refractivity contribution in [2.45, 2.75) is 32.7 Å². The lowest BCUT2D eigenvalue weighted by molar-refractivity contribution is -0.137. The number of nitrogens with zero attached hydrogens (tertiary/aromatic N) is 4. The van der Waals surface area contributed by atoms with Gasteiger partial charge < -0.3 is 20.5 Å². The van der Waals surface area contributed by atoms with E-state index >= 15 is 0 Å². The number of rotatable bonds is 7. The van der Waals surface area contributed by atoms with Gasteiger partial charge in [-0.3, -0.25) is 19.4 Å². The maximum absolute atomic E-state index is 14.6. The second-order valence-electron chi connectivity index (χ2n) is 10.7. The van der Waals surface area contributed by atoms with E-state index in [-0.39, 0.29) is 30.0 Å². The molecule has 3 N–H and O–H groups in total. The first-order chi connectivity index (χ1) is 20.3. The summed E-state index contributed by atoms with van der Waals surface area (Å²) in [6.07, 6.45) is 2.92. The molecule has 11 heteroatoms. The number of carbonyl (C=O) groups excluding carboxylic acids is 3. The number of aliphatic hydroxyl groups is 1. The van der Waals surface area contributed by atoms with Crippen LogP contribution < -0.4 is 20.3 Å². The lowest BCUT2D eigenvalue weighted by atomic mass is 9.99. The van der Waals surface area contributed by atoms with Gasteiger partial charge in [0.15, 0.2) is 0 Å². The van der Waals surface area contributed by atoms with Crippen LogP contribution >= 0.6 is 11.3 Å². The van der Waals surface area contributed by atoms with Crippen molar-refractivity contribution in [2.24, 2.45) is 11.7 Å². The predicted octanol–water partition coefficient (Wildman–Crippen LogP) is 5.19. The maximum Gasteiger partial charge on any atom is 0.334 e. The minimum absolute atomic E-state index is 0.166. The zero-order chi connectivity index (χ0) is 29.5. The van der Waals surface area contributed by atoms with Crippen molar-refractivity contribution in [3.8, 4) is 11.5 Å². The summed E-state index contributed by atoms with van der Waals surface area (Å²) < 4.78 is 6.02. The predicted molar refractivity (Wildman–Crippen MR) is 162 cm³/mol. The largest absolute Gasteiger partial charge is 0.457 e. The van der Waals surface area contributed by atoms with Crippen molar-refractivity contribution in [2.75, 3.05) is 29.5 Å². The number of primary amides is 1. The smallest absolute Gasteiger partial charge is 0.334 e. The zero-order valence-electron chi connectivity index (χ0n) is 23.3. The summed E-state index contributed by atoms with van der Waals surface area (Å²) in [5.41, 5.74) is 8.36. The number of aromatic nitrogens is 1. The number of piperidine rings is 1. The molecular weight excluding hydrogens is 554 g/mol. The van der Waals surface area contributed by atoms with E-state index in [1.165, 1.54) is 0 Å². The Labute approximate surface area is 246 Å². The third kappa shape index (κ3) is 4.74. The number of urea groups is 1. The molecule has 2 aliphatic rings. The Morgan fingerprint density at radius 1 is 1.14 bits per heavy atom. The van der Waals surface area contributed by atoms with E-state index in [0.29, 0.717) is 58.2 Å². The molecule has 2 aliphatic heterocycles. The van der Waals surface area contributed by atoms with Gasteiger partial charge in [-0.2, -0.15) is 0 Å². The van der Waals surface area contributed by atoms with Gasteiger partial charge in [0.2, 0.25) is 5.91 Å². The number of pyridine rings is 1. The summed E-state index contributed by atoms with van der Waals surface area (Å²) in [7, 11) is 0. The second kappa shape index (κ2) is 11.1. The van der Waals surface area contributed by atoms with Crippen LogP contribution in [0.2, 0.25) is 0 Å². The van der Waals surface area contributed by atoms with E-state index in [4.69, 9.17) is 10.5 Å². The van der Waals surface area contributed by atoms with Crippen LogP contribution in [0.4, 0.5) is 21.9 Å². The molecule has 4 heterocycles. The fourth-order valence-electron chi connectivity index (χ4n) is 5.78. The van der Waals surface area contributed by atoms with Gasteiger partial charge in [0.05, 0.1) is 41.0 Å². The third-order valence-electron chi connectivity index (χ3n) is 7.80. The lowest BCUT2D eigenvalue weighted by Crippen LogP contribution is -2.56. The van der Waals surface area contributed by atoms with Gasteiger partial charge >= 0.3 is 6.03 Å². The van der Waals surface area contributed by atoms with E-state index in [2.05, 4.69) is 4.98 Å². The van der Waals surface area contributed by atoms with Crippen LogP contribution in [0.25, 0.3) is 10.2 Å². The Hall–Kier alpha value is -4.48. The zero-order valence-corrected chi connectivity index (χ0v) is 24.1. The highest BCUT2D eigenvalue weighted by Crippen LogP contribution is 2.50. The first kappa shape index (κ1) is 27.7. The number of nitrogens with two attached hydrogens (primary N) is 1. The number of benzene rings is 2. The van der Waals surface area contributed by atoms with Crippen LogP contribution in [0.5, 0.6) is 11.5 Å². The van der Waals surface area contributed by atoms with Gasteiger partial charge in [0.1, 0.15) is 21.2 Å². The Morgan fingerprint density at radius 3 is 2.64 bits per heavy atom. The summed E-state index contributed by atoms with van der Waals surface area (Å²) in [4.78, 5) is 50.6. The molecule has 4 aromatic rings. The van der Waals surface area contributed by atoms with Gasteiger partial charge in [-0.25, -0.2) is 9.78 Å². The van der Waals surface area contributed by atoms with Crippen molar-refractivity contribution >= 4 is 56.5 Å². The van der Waals surface area contributed by atoms with Crippen LogP contribution in [0.3, 0.4) is 0 Å². The van der Waals surface area contributed by atoms with E-state index in [1.54, 1.807) is 33.9 Å². The summed E-state index contributed by atoms with van der Waals surface area (Å²) in [5.74, 6) is -0.0113. The number of para-hydroxylation sites is 1. The van der Waals surface area contributed by atoms with Crippen molar-refractivity contribution in [1.82, 2.24) is 9.88 Å². The van der Waals surface area contributed by atoms with Crippen LogP contribution in [-0.4, -0.2) is 58.6 Å². The number of likely N-dealkylation sites (tertiary alicyclic amines) is 1. The third-order valence-corrected chi connectivity index (χ3v) is 8.91. The Bertz CT molecular complexity index is 1690. The van der Waals surface area contributed by atoms with E-state index in [9.17, 15) is 19.5 Å². The number of aryl methyl sites for hydroxylation is 1. The topological polar surface area (TPSA) is 129 Å². The molecule has 0 radical (unpaired) electrons. The normalized spacial score (nSPS) is 17.5. The molecule has 2 aromatic heterocycles. The van der Waals surface area contributed by atoms with Crippen LogP contribution in [0.15, 0.2) is 60.8 Å². The number of aliphatic hydroxyl groups excluding tert-OH is 1. The van der Waals surface area contributed by atoms with Crippen LogP contribution in [0.1, 0.15) is 35.0 Å². The average Bonchev–Trinajstić information content (AvgIpc) is 3.39. The fourth-order valence-corrected chi connectivity index (χ4v) is 6.78. The van der Waals surface area contributed by atoms with E-state index in [0.717, 1.165) is 16.9 Å². The molecule has 0 aliphatic carbocycles. The second-order valence-corrected chi connectivity index (χ2v) is 11.7. The monoisotopic (exact) mass is 585 g/mol. The molecule has 2 aromatic carbocycles. The molecular formula is C31H31N5O5S. The molecule has 0 spiro atoms. The standard InChI is InChI=1S/C31H31N5O5S/c1-18-15-22(41-21-8-4-3-5-9-21)10-11-23(18)36-24-12-13-33-29-25(24)26(27(42-29)28(32)38)35(31(36)40)20-7-6-14-34(16-20)30(39)19(2)17-37/h3-5,8-13,15,19-20,37H,6-7,14,16-17H2,1-2H3,(H2,32,38)/t19-,20+/m0/s1. The van der Waals surface area contributed by atoms with Crippen molar-refractivity contribution < 1.29 is 24.2 Å². The molecule has 10 nitrogen and oxygen atoms in total. The number of ether oxygens (including phenoxy) is 1. The molecule has 42 heavy (non-hydrogen) atoms. The van der Waals surface area contributed by atoms with Gasteiger partial charge in [0, 0.05) is 19.3 Å². The summed E-state index contributed by atoms with van der Waals surface area (Å²) in [6.45, 7) is 4.15. The van der Waals surface area contributed by atoms with Gasteiger partial charge in [-0.15, -0.1) is 11.3 Å². The minimum Gasteiger partial charge on any atom is -0.457 e. The number of carbonyl (C=O) groups is 3. The lowest BCUT2D eigenvalue weighted by Gasteiger charge is -2.44. The van der Waals surface area contributed by atoms with E-state index < -0.39 is 17.9 Å². The molecule has 6 rings (SSSR count). The van der Waals surface area contributed by atoms with Crippen molar-refractivity contribution in [1.29, 1.82) is 0 Å². The summed E-state index contributed by atoms with van der Waals surface area (Å²) in [6, 6.07) is 16.0. The summed E-state index contributed by atoms with van der Waals surface area (Å²) in [5, 5.41) is 10.3. The molecule has 1 fully saturated rings.